The van der Waals surface area contributed by atoms with Crippen LogP contribution in [0.1, 0.15) is 32.3 Å². The van der Waals surface area contributed by atoms with Crippen LogP contribution in [0.25, 0.3) is 27.3 Å². The van der Waals surface area contributed by atoms with E-state index in [9.17, 15) is 9.90 Å². The Morgan fingerprint density at radius 2 is 1.93 bits per heavy atom. The lowest BCUT2D eigenvalue weighted by atomic mass is 10.00. The van der Waals surface area contributed by atoms with Crippen LogP contribution in [-0.4, -0.2) is 39.0 Å². The number of hydrogen-bond acceptors (Lipinski definition) is 4. The Bertz CT molecular complexity index is 1150. The second kappa shape index (κ2) is 7.16. The van der Waals surface area contributed by atoms with Crippen LogP contribution in [0.4, 0.5) is 0 Å². The third-order valence-corrected chi connectivity index (χ3v) is 5.57. The number of aryl methyl sites for hydroxylation is 1. The summed E-state index contributed by atoms with van der Waals surface area (Å²) in [5, 5.41) is 11.1. The van der Waals surface area contributed by atoms with E-state index in [1.165, 1.54) is 0 Å². The smallest absolute Gasteiger partial charge is 0.197 e. The van der Waals surface area contributed by atoms with E-state index in [1.807, 2.05) is 16.5 Å². The minimum absolute atomic E-state index is 0.0155. The van der Waals surface area contributed by atoms with Gasteiger partial charge in [-0.2, -0.15) is 0 Å². The molecule has 140 valence electrons. The molecule has 0 aliphatic rings. The van der Waals surface area contributed by atoms with Crippen LogP contribution in [0.2, 0.25) is 0 Å². The van der Waals surface area contributed by atoms with Crippen LogP contribution in [0.5, 0.6) is 5.75 Å². The first-order chi connectivity index (χ1) is 13.1. The SMILES string of the molecule is CCN(CC)CCCCc1ccc2ncn3c4ccc(O)cc4c(=O)c1c23. The molecular weight excluding hydrogens is 338 g/mol. The summed E-state index contributed by atoms with van der Waals surface area (Å²) in [4.78, 5) is 20.1. The Morgan fingerprint density at radius 3 is 2.70 bits per heavy atom. The fourth-order valence-corrected chi connectivity index (χ4v) is 4.03. The van der Waals surface area contributed by atoms with Crippen LogP contribution in [0, 0.1) is 0 Å². The normalized spacial score (nSPS) is 12.1. The molecule has 0 aliphatic carbocycles. The summed E-state index contributed by atoms with van der Waals surface area (Å²) in [7, 11) is 0. The predicted molar refractivity (Wildman–Crippen MR) is 110 cm³/mol. The van der Waals surface area contributed by atoms with E-state index in [-0.39, 0.29) is 11.2 Å². The third kappa shape index (κ3) is 3.02. The maximum absolute atomic E-state index is 13.2. The van der Waals surface area contributed by atoms with Crippen molar-refractivity contribution in [2.24, 2.45) is 0 Å². The van der Waals surface area contributed by atoms with Gasteiger partial charge in [0.1, 0.15) is 12.1 Å². The molecule has 2 aromatic heterocycles. The number of imidazole rings is 1. The van der Waals surface area contributed by atoms with E-state index in [4.69, 9.17) is 0 Å². The van der Waals surface area contributed by atoms with E-state index in [0.717, 1.165) is 66.4 Å². The summed E-state index contributed by atoms with van der Waals surface area (Å²) < 4.78 is 1.97. The van der Waals surface area contributed by atoms with Crippen LogP contribution >= 0.6 is 0 Å². The highest BCUT2D eigenvalue weighted by Gasteiger charge is 2.16. The van der Waals surface area contributed by atoms with Crippen LogP contribution in [0.15, 0.2) is 41.5 Å². The Kier molecular flexibility index (Phi) is 4.70. The predicted octanol–water partition coefficient (Wildman–Crippen LogP) is 3.81. The minimum atomic E-state index is -0.0155. The molecule has 0 saturated carbocycles. The van der Waals surface area contributed by atoms with Crippen molar-refractivity contribution in [2.75, 3.05) is 19.6 Å². The van der Waals surface area contributed by atoms with Crippen molar-refractivity contribution in [3.05, 3.63) is 52.4 Å². The zero-order valence-corrected chi connectivity index (χ0v) is 15.9. The molecule has 0 saturated heterocycles. The van der Waals surface area contributed by atoms with Crippen LogP contribution in [-0.2, 0) is 6.42 Å². The van der Waals surface area contributed by atoms with Crippen molar-refractivity contribution in [3.63, 3.8) is 0 Å². The molecule has 5 nitrogen and oxygen atoms in total. The number of fused-ring (bicyclic) bond motifs is 2. The number of unbranched alkanes of at least 4 members (excludes halogenated alkanes) is 1. The summed E-state index contributed by atoms with van der Waals surface area (Å²) in [6.07, 6.45) is 4.80. The molecule has 4 rings (SSSR count). The van der Waals surface area contributed by atoms with E-state index in [2.05, 4.69) is 23.7 Å². The molecule has 0 bridgehead atoms. The molecule has 0 radical (unpaired) electrons. The van der Waals surface area contributed by atoms with Gasteiger partial charge >= 0.3 is 0 Å². The third-order valence-electron chi connectivity index (χ3n) is 5.57. The maximum atomic E-state index is 13.2. The van der Waals surface area contributed by atoms with Gasteiger partial charge in [-0.3, -0.25) is 9.20 Å². The zero-order valence-electron chi connectivity index (χ0n) is 15.9. The molecule has 0 aliphatic heterocycles. The highest BCUT2D eigenvalue weighted by Crippen LogP contribution is 2.28. The fraction of sp³-hybridized carbons (Fsp3) is 0.364. The summed E-state index contributed by atoms with van der Waals surface area (Å²) in [6.45, 7) is 7.62. The molecule has 0 fully saturated rings. The number of nitrogens with zero attached hydrogens (tertiary/aromatic N) is 3. The molecule has 27 heavy (non-hydrogen) atoms. The molecule has 0 amide bonds. The fourth-order valence-electron chi connectivity index (χ4n) is 4.03. The number of benzene rings is 2. The van der Waals surface area contributed by atoms with Gasteiger partial charge in [-0.1, -0.05) is 19.9 Å². The lowest BCUT2D eigenvalue weighted by molar-refractivity contribution is 0.297. The summed E-state index contributed by atoms with van der Waals surface area (Å²) in [5.74, 6) is 0.110. The number of phenolic OH excluding ortho intramolecular Hbond substituents is 1. The van der Waals surface area contributed by atoms with E-state index < -0.39 is 0 Å². The Labute approximate surface area is 158 Å². The maximum Gasteiger partial charge on any atom is 0.197 e. The number of aromatic nitrogens is 2. The lowest BCUT2D eigenvalue weighted by Crippen LogP contribution is -2.24. The lowest BCUT2D eigenvalue weighted by Gasteiger charge is -2.17. The number of phenols is 1. The van der Waals surface area contributed by atoms with Crippen molar-refractivity contribution in [2.45, 2.75) is 33.1 Å². The highest BCUT2D eigenvalue weighted by molar-refractivity contribution is 6.02. The first-order valence-corrected chi connectivity index (χ1v) is 9.73. The molecule has 0 spiro atoms. The molecule has 1 N–H and O–H groups in total. The second-order valence-electron chi connectivity index (χ2n) is 7.10. The average molecular weight is 363 g/mol. The van der Waals surface area contributed by atoms with Gasteiger partial charge in [-0.25, -0.2) is 4.98 Å². The van der Waals surface area contributed by atoms with Gasteiger partial charge in [-0.15, -0.1) is 0 Å². The molecule has 0 atom stereocenters. The topological polar surface area (TPSA) is 57.8 Å². The molecule has 2 heterocycles. The van der Waals surface area contributed by atoms with E-state index >= 15 is 0 Å². The standard InChI is InChI=1S/C22H25N3O2/c1-3-24(4-2)12-6-5-7-15-8-10-18-21-20(15)22(27)17-13-16(26)9-11-19(17)25(21)14-23-18/h8-11,13-14,26H,3-7,12H2,1-2H3. The average Bonchev–Trinajstić information content (AvgIpc) is 3.11. The van der Waals surface area contributed by atoms with Gasteiger partial charge in [-0.05, 0) is 68.7 Å². The molecule has 4 aromatic rings. The van der Waals surface area contributed by atoms with Gasteiger partial charge < -0.3 is 10.0 Å². The Morgan fingerprint density at radius 1 is 1.11 bits per heavy atom. The van der Waals surface area contributed by atoms with Crippen molar-refractivity contribution in [1.29, 1.82) is 0 Å². The van der Waals surface area contributed by atoms with Gasteiger partial charge in [0.25, 0.3) is 0 Å². The Balaban J connectivity index is 1.76. The monoisotopic (exact) mass is 363 g/mol. The van der Waals surface area contributed by atoms with Crippen molar-refractivity contribution < 1.29 is 5.11 Å². The molecular formula is C22H25N3O2. The van der Waals surface area contributed by atoms with E-state index in [0.29, 0.717) is 5.39 Å². The van der Waals surface area contributed by atoms with E-state index in [1.54, 1.807) is 24.5 Å². The minimum Gasteiger partial charge on any atom is -0.508 e. The van der Waals surface area contributed by atoms with Crippen LogP contribution < -0.4 is 5.43 Å². The number of pyridine rings is 1. The Hall–Kier alpha value is -2.66. The second-order valence-corrected chi connectivity index (χ2v) is 7.10. The number of aromatic hydroxyl groups is 1. The molecule has 2 aromatic carbocycles. The van der Waals surface area contributed by atoms with Crippen LogP contribution in [0.3, 0.4) is 0 Å². The first-order valence-electron chi connectivity index (χ1n) is 9.73. The van der Waals surface area contributed by atoms with Crippen molar-refractivity contribution in [1.82, 2.24) is 14.3 Å². The van der Waals surface area contributed by atoms with Gasteiger partial charge in [0.05, 0.1) is 27.3 Å². The van der Waals surface area contributed by atoms with Crippen molar-refractivity contribution >= 4 is 27.3 Å². The largest absolute Gasteiger partial charge is 0.508 e. The number of rotatable bonds is 7. The zero-order chi connectivity index (χ0) is 19.0. The van der Waals surface area contributed by atoms with Gasteiger partial charge in [0.2, 0.25) is 0 Å². The quantitative estimate of drug-likeness (QED) is 0.401. The summed E-state index contributed by atoms with van der Waals surface area (Å²) in [5.41, 5.74) is 3.57. The highest BCUT2D eigenvalue weighted by atomic mass is 16.3. The van der Waals surface area contributed by atoms with Crippen molar-refractivity contribution in [3.8, 4) is 5.75 Å². The number of hydrogen-bond donors (Lipinski definition) is 1. The van der Waals surface area contributed by atoms with Gasteiger partial charge in [0.15, 0.2) is 5.43 Å². The first kappa shape index (κ1) is 17.7. The summed E-state index contributed by atoms with van der Waals surface area (Å²) >= 11 is 0. The molecule has 0 unspecified atom stereocenters. The summed E-state index contributed by atoms with van der Waals surface area (Å²) in [6, 6.07) is 9.00. The van der Waals surface area contributed by atoms with Gasteiger partial charge in [0, 0.05) is 0 Å². The molecule has 5 heteroatoms.